The molecule has 0 saturated carbocycles. The number of allylic oxidation sites excluding steroid dienone is 1. The van der Waals surface area contributed by atoms with E-state index in [1.165, 1.54) is 11.8 Å². The van der Waals surface area contributed by atoms with Crippen LogP contribution in [-0.2, 0) is 14.3 Å². The van der Waals surface area contributed by atoms with Crippen LogP contribution in [0.1, 0.15) is 30.7 Å². The minimum atomic E-state index is -0.307. The Bertz CT molecular complexity index is 800. The van der Waals surface area contributed by atoms with Crippen LogP contribution in [0.15, 0.2) is 39.3 Å². The number of nitriles is 1. The average Bonchev–Trinajstić information content (AvgIpc) is 3.18. The number of halogens is 1. The van der Waals surface area contributed by atoms with Crippen LogP contribution in [0.4, 0.5) is 0 Å². The van der Waals surface area contributed by atoms with Crippen molar-refractivity contribution in [2.45, 2.75) is 31.3 Å². The number of nitrogens with one attached hydrogen (secondary N) is 2. The Balaban J connectivity index is 1.67. The van der Waals surface area contributed by atoms with E-state index in [4.69, 9.17) is 4.74 Å². The first-order valence-corrected chi connectivity index (χ1v) is 10.6. The summed E-state index contributed by atoms with van der Waals surface area (Å²) in [4.78, 5) is 24.3. The minimum absolute atomic E-state index is 0.0862. The second-order valence-electron chi connectivity index (χ2n) is 6.44. The quantitative estimate of drug-likeness (QED) is 0.696. The van der Waals surface area contributed by atoms with Gasteiger partial charge < -0.3 is 15.4 Å². The highest BCUT2D eigenvalue weighted by Gasteiger charge is 2.30. The lowest BCUT2D eigenvalue weighted by atomic mass is 9.87. The summed E-state index contributed by atoms with van der Waals surface area (Å²) in [5.74, 6) is -0.460. The van der Waals surface area contributed by atoms with Gasteiger partial charge in [-0.05, 0) is 30.5 Å². The summed E-state index contributed by atoms with van der Waals surface area (Å²) in [7, 11) is 0. The average molecular weight is 450 g/mol. The zero-order valence-corrected chi connectivity index (χ0v) is 17.1. The van der Waals surface area contributed by atoms with Gasteiger partial charge in [-0.3, -0.25) is 9.59 Å². The van der Waals surface area contributed by atoms with E-state index in [1.807, 2.05) is 24.3 Å². The molecule has 2 atom stereocenters. The first kappa shape index (κ1) is 19.9. The topological polar surface area (TPSA) is 91.2 Å². The number of amides is 2. The number of hydrogen-bond donors (Lipinski definition) is 2. The van der Waals surface area contributed by atoms with Crippen molar-refractivity contribution in [3.63, 3.8) is 0 Å². The molecule has 6 nitrogen and oxygen atoms in total. The number of carbonyl (C=O) groups excluding carboxylic acids is 2. The van der Waals surface area contributed by atoms with Gasteiger partial charge in [-0.2, -0.15) is 5.26 Å². The number of nitrogens with zero attached hydrogens (tertiary/aromatic N) is 1. The van der Waals surface area contributed by atoms with Crippen molar-refractivity contribution in [2.24, 2.45) is 0 Å². The summed E-state index contributed by atoms with van der Waals surface area (Å²) in [5.41, 5.74) is 1.39. The summed E-state index contributed by atoms with van der Waals surface area (Å²) < 4.78 is 6.38. The van der Waals surface area contributed by atoms with E-state index in [1.54, 1.807) is 0 Å². The van der Waals surface area contributed by atoms with Crippen molar-refractivity contribution in [3.8, 4) is 6.07 Å². The molecule has 27 heavy (non-hydrogen) atoms. The summed E-state index contributed by atoms with van der Waals surface area (Å²) in [6.07, 6.45) is 2.29. The maximum absolute atomic E-state index is 12.2. The zero-order valence-electron chi connectivity index (χ0n) is 14.7. The molecule has 2 amide bonds. The number of benzene rings is 1. The highest BCUT2D eigenvalue weighted by Crippen LogP contribution is 2.36. The molecule has 0 spiro atoms. The molecule has 0 aromatic heterocycles. The normalized spacial score (nSPS) is 22.3. The van der Waals surface area contributed by atoms with Gasteiger partial charge in [-0.15, -0.1) is 0 Å². The van der Waals surface area contributed by atoms with Gasteiger partial charge in [-0.1, -0.05) is 39.8 Å². The minimum Gasteiger partial charge on any atom is -0.376 e. The van der Waals surface area contributed by atoms with Crippen LogP contribution in [-0.4, -0.2) is 36.8 Å². The Morgan fingerprint density at radius 2 is 2.33 bits per heavy atom. The summed E-state index contributed by atoms with van der Waals surface area (Å²) in [6, 6.07) is 9.82. The van der Waals surface area contributed by atoms with Crippen molar-refractivity contribution in [1.82, 2.24) is 10.6 Å². The molecule has 0 bridgehead atoms. The monoisotopic (exact) mass is 449 g/mol. The lowest BCUT2D eigenvalue weighted by Crippen LogP contribution is -2.34. The fraction of sp³-hybridized carbons (Fsp3) is 0.421. The second kappa shape index (κ2) is 9.40. The van der Waals surface area contributed by atoms with E-state index < -0.39 is 0 Å². The maximum Gasteiger partial charge on any atom is 0.230 e. The largest absolute Gasteiger partial charge is 0.376 e. The molecule has 1 saturated heterocycles. The molecule has 2 aliphatic rings. The van der Waals surface area contributed by atoms with Crippen molar-refractivity contribution >= 4 is 39.5 Å². The van der Waals surface area contributed by atoms with E-state index in [2.05, 4.69) is 32.6 Å². The number of thioether (sulfide) groups is 1. The molecule has 0 unspecified atom stereocenters. The molecular formula is C19H20BrN3O3S. The number of rotatable bonds is 6. The van der Waals surface area contributed by atoms with Crippen molar-refractivity contribution in [2.75, 3.05) is 18.9 Å². The van der Waals surface area contributed by atoms with E-state index >= 15 is 0 Å². The molecule has 0 radical (unpaired) electrons. The van der Waals surface area contributed by atoms with Crippen LogP contribution in [0.5, 0.6) is 0 Å². The van der Waals surface area contributed by atoms with Gasteiger partial charge in [0.15, 0.2) is 0 Å². The maximum atomic E-state index is 12.2. The van der Waals surface area contributed by atoms with Crippen LogP contribution in [0.2, 0.25) is 0 Å². The van der Waals surface area contributed by atoms with Gasteiger partial charge in [0.25, 0.3) is 0 Å². The van der Waals surface area contributed by atoms with Gasteiger partial charge in [-0.25, -0.2) is 0 Å². The Labute approximate surface area is 170 Å². The van der Waals surface area contributed by atoms with Gasteiger partial charge in [0.1, 0.15) is 0 Å². The van der Waals surface area contributed by atoms with Crippen molar-refractivity contribution < 1.29 is 14.3 Å². The Hall–Kier alpha value is -1.82. The third kappa shape index (κ3) is 5.34. The summed E-state index contributed by atoms with van der Waals surface area (Å²) >= 11 is 4.62. The van der Waals surface area contributed by atoms with Gasteiger partial charge >= 0.3 is 0 Å². The van der Waals surface area contributed by atoms with E-state index in [0.717, 1.165) is 29.5 Å². The van der Waals surface area contributed by atoms with Gasteiger partial charge in [0.2, 0.25) is 11.8 Å². The molecule has 2 heterocycles. The predicted molar refractivity (Wildman–Crippen MR) is 107 cm³/mol. The van der Waals surface area contributed by atoms with Gasteiger partial charge in [0.05, 0.1) is 28.5 Å². The summed E-state index contributed by atoms with van der Waals surface area (Å²) in [6.45, 7) is 1.24. The van der Waals surface area contributed by atoms with Crippen LogP contribution in [0.25, 0.3) is 0 Å². The third-order valence-corrected chi connectivity index (χ3v) is 6.02. The fourth-order valence-corrected chi connectivity index (χ4v) is 4.49. The van der Waals surface area contributed by atoms with Crippen molar-refractivity contribution in [1.29, 1.82) is 5.26 Å². The van der Waals surface area contributed by atoms with Gasteiger partial charge in [0, 0.05) is 30.0 Å². The van der Waals surface area contributed by atoms with E-state index in [0.29, 0.717) is 17.1 Å². The number of hydrogen-bond acceptors (Lipinski definition) is 5. The Kier molecular flexibility index (Phi) is 6.94. The predicted octanol–water partition coefficient (Wildman–Crippen LogP) is 2.82. The van der Waals surface area contributed by atoms with E-state index in [-0.39, 0.29) is 36.0 Å². The number of ether oxygens (including phenoxy) is 1. The highest BCUT2D eigenvalue weighted by molar-refractivity contribution is 9.10. The molecule has 0 aliphatic carbocycles. The smallest absolute Gasteiger partial charge is 0.230 e. The van der Waals surface area contributed by atoms with Crippen LogP contribution in [0, 0.1) is 11.3 Å². The molecule has 3 rings (SSSR count). The third-order valence-electron chi connectivity index (χ3n) is 4.51. The molecule has 2 aliphatic heterocycles. The van der Waals surface area contributed by atoms with E-state index in [9.17, 15) is 14.9 Å². The molecule has 1 fully saturated rings. The van der Waals surface area contributed by atoms with Crippen molar-refractivity contribution in [3.05, 3.63) is 44.9 Å². The standard InChI is InChI=1S/C19H20BrN3O3S/c20-13-4-1-3-12(7-13)15-8-17(24)23-19(16(15)9-21)27-11-18(25)22-10-14-5-2-6-26-14/h1,3-4,7,14-15H,2,5-6,8,10-11H2,(H,22,25)(H,23,24)/t14-,15+/m0/s1. The fourth-order valence-electron chi connectivity index (χ4n) is 3.16. The first-order valence-electron chi connectivity index (χ1n) is 8.77. The molecule has 1 aromatic rings. The lowest BCUT2D eigenvalue weighted by molar-refractivity contribution is -0.121. The molecule has 2 N–H and O–H groups in total. The molecule has 1 aromatic carbocycles. The Morgan fingerprint density at radius 1 is 1.48 bits per heavy atom. The molecule has 142 valence electrons. The highest BCUT2D eigenvalue weighted by atomic mass is 79.9. The number of carbonyl (C=O) groups is 2. The lowest BCUT2D eigenvalue weighted by Gasteiger charge is -2.25. The SMILES string of the molecule is N#CC1=C(SCC(=O)NC[C@@H]2CCCO2)NC(=O)C[C@@H]1c1cccc(Br)c1. The first-order chi connectivity index (χ1) is 13.1. The zero-order chi connectivity index (χ0) is 19.2. The second-order valence-corrected chi connectivity index (χ2v) is 8.34. The molecule has 8 heteroatoms. The summed E-state index contributed by atoms with van der Waals surface area (Å²) in [5, 5.41) is 15.7. The van der Waals surface area contributed by atoms with Crippen LogP contribution < -0.4 is 10.6 Å². The van der Waals surface area contributed by atoms with Crippen LogP contribution >= 0.6 is 27.7 Å². The Morgan fingerprint density at radius 3 is 3.04 bits per heavy atom. The van der Waals surface area contributed by atoms with Crippen LogP contribution in [0.3, 0.4) is 0 Å². The molecular weight excluding hydrogens is 430 g/mol.